The Hall–Kier alpha value is -2.00. The summed E-state index contributed by atoms with van der Waals surface area (Å²) in [6.45, 7) is 11.5. The lowest BCUT2D eigenvalue weighted by Crippen LogP contribution is -2.34. The lowest BCUT2D eigenvalue weighted by molar-refractivity contribution is -0.123. The molecule has 0 saturated heterocycles. The van der Waals surface area contributed by atoms with E-state index in [0.717, 1.165) is 16.9 Å². The Morgan fingerprint density at radius 2 is 1.78 bits per heavy atom. The van der Waals surface area contributed by atoms with Crippen molar-refractivity contribution in [3.63, 3.8) is 0 Å². The maximum Gasteiger partial charge on any atom is 0.293 e. The molecule has 0 spiro atoms. The molecule has 148 valence electrons. The molecule has 1 aromatic carbocycles. The van der Waals surface area contributed by atoms with Crippen molar-refractivity contribution in [3.05, 3.63) is 29.8 Å². The van der Waals surface area contributed by atoms with E-state index in [1.165, 1.54) is 4.31 Å². The summed E-state index contributed by atoms with van der Waals surface area (Å²) in [7, 11) is -3.89. The predicted molar refractivity (Wildman–Crippen MR) is 109 cm³/mol. The van der Waals surface area contributed by atoms with Gasteiger partial charge in [-0.3, -0.25) is 9.10 Å². The Morgan fingerprint density at radius 1 is 1.19 bits per heavy atom. The largest absolute Gasteiger partial charge is 0.300 e. The smallest absolute Gasteiger partial charge is 0.293 e. The number of carbonyl (C=O) groups is 1. The van der Waals surface area contributed by atoms with Gasteiger partial charge in [-0.15, -0.1) is 10.2 Å². The molecule has 0 bridgehead atoms. The van der Waals surface area contributed by atoms with Crippen LogP contribution in [0.15, 0.2) is 28.6 Å². The van der Waals surface area contributed by atoms with E-state index in [2.05, 4.69) is 15.5 Å². The van der Waals surface area contributed by atoms with E-state index in [1.807, 2.05) is 32.9 Å². The SMILES string of the molecule is Cc1ccc(N(CC(C)C)S(=O)(=O)c2nnc(NC(=O)C(C)(C)C)s2)cc1. The second-order valence-corrected chi connectivity index (χ2v) is 10.9. The van der Waals surface area contributed by atoms with Crippen LogP contribution in [0.5, 0.6) is 0 Å². The van der Waals surface area contributed by atoms with Gasteiger partial charge in [-0.25, -0.2) is 0 Å². The van der Waals surface area contributed by atoms with Gasteiger partial charge in [-0.2, -0.15) is 8.42 Å². The van der Waals surface area contributed by atoms with Crippen molar-refractivity contribution in [3.8, 4) is 0 Å². The third-order valence-corrected chi connectivity index (χ3v) is 6.65. The Kier molecular flexibility index (Phi) is 6.26. The number of aryl methyl sites for hydroxylation is 1. The van der Waals surface area contributed by atoms with Crippen LogP contribution in [0.4, 0.5) is 10.8 Å². The van der Waals surface area contributed by atoms with Crippen LogP contribution in [0, 0.1) is 18.3 Å². The molecule has 1 aromatic heterocycles. The van der Waals surface area contributed by atoms with Crippen LogP contribution in [0.1, 0.15) is 40.2 Å². The number of anilines is 2. The zero-order valence-electron chi connectivity index (χ0n) is 16.5. The summed E-state index contributed by atoms with van der Waals surface area (Å²) in [5, 5.41) is 10.4. The van der Waals surface area contributed by atoms with Gasteiger partial charge in [0, 0.05) is 12.0 Å². The molecule has 9 heteroatoms. The fourth-order valence-corrected chi connectivity index (χ4v) is 4.75. The number of nitrogens with zero attached hydrogens (tertiary/aromatic N) is 3. The quantitative estimate of drug-likeness (QED) is 0.733. The summed E-state index contributed by atoms with van der Waals surface area (Å²) in [4.78, 5) is 12.1. The molecule has 2 rings (SSSR count). The number of aromatic nitrogens is 2. The highest BCUT2D eigenvalue weighted by molar-refractivity contribution is 7.94. The van der Waals surface area contributed by atoms with Gasteiger partial charge in [0.25, 0.3) is 14.4 Å². The van der Waals surface area contributed by atoms with Crippen LogP contribution in [0.25, 0.3) is 0 Å². The summed E-state index contributed by atoms with van der Waals surface area (Å²) >= 11 is 0.854. The predicted octanol–water partition coefficient (Wildman–Crippen LogP) is 3.68. The first-order valence-corrected chi connectivity index (χ1v) is 10.9. The molecule has 1 N–H and O–H groups in total. The van der Waals surface area contributed by atoms with Gasteiger partial charge in [0.15, 0.2) is 0 Å². The van der Waals surface area contributed by atoms with Crippen molar-refractivity contribution in [1.82, 2.24) is 10.2 Å². The molecule has 7 nitrogen and oxygen atoms in total. The molecule has 0 aliphatic heterocycles. The second-order valence-electron chi connectivity index (χ2n) is 7.84. The number of sulfonamides is 1. The van der Waals surface area contributed by atoms with E-state index >= 15 is 0 Å². The van der Waals surface area contributed by atoms with Gasteiger partial charge in [0.1, 0.15) is 0 Å². The number of rotatable bonds is 6. The molecule has 0 fully saturated rings. The number of hydrogen-bond donors (Lipinski definition) is 1. The van der Waals surface area contributed by atoms with Gasteiger partial charge in [-0.1, -0.05) is 63.7 Å². The fourth-order valence-electron chi connectivity index (χ4n) is 2.13. The molecule has 2 aromatic rings. The highest BCUT2D eigenvalue weighted by Crippen LogP contribution is 2.29. The maximum absolute atomic E-state index is 13.2. The Morgan fingerprint density at radius 3 is 2.30 bits per heavy atom. The fraction of sp³-hybridized carbons (Fsp3) is 0.500. The van der Waals surface area contributed by atoms with E-state index in [1.54, 1.807) is 32.9 Å². The number of benzene rings is 1. The van der Waals surface area contributed by atoms with E-state index in [4.69, 9.17) is 0 Å². The molecule has 0 unspecified atom stereocenters. The first-order valence-electron chi connectivity index (χ1n) is 8.65. The normalized spacial score (nSPS) is 12.3. The van der Waals surface area contributed by atoms with Crippen LogP contribution in [0.2, 0.25) is 0 Å². The molecule has 0 atom stereocenters. The van der Waals surface area contributed by atoms with Crippen molar-refractivity contribution >= 4 is 38.1 Å². The monoisotopic (exact) mass is 410 g/mol. The minimum Gasteiger partial charge on any atom is -0.300 e. The average molecular weight is 411 g/mol. The first-order chi connectivity index (χ1) is 12.4. The standard InChI is InChI=1S/C18H26N4O3S2/c1-12(2)11-22(14-9-7-13(3)8-10-14)27(24,25)17-21-20-16(26-17)19-15(23)18(4,5)6/h7-10,12H,11H2,1-6H3,(H,19,20,23). The molecular formula is C18H26N4O3S2. The van der Waals surface area contributed by atoms with Gasteiger partial charge in [-0.05, 0) is 25.0 Å². The lowest BCUT2D eigenvalue weighted by Gasteiger charge is -2.24. The third-order valence-electron chi connectivity index (χ3n) is 3.67. The summed E-state index contributed by atoms with van der Waals surface area (Å²) in [5.74, 6) is -0.130. The minimum absolute atomic E-state index is 0.120. The minimum atomic E-state index is -3.89. The zero-order chi connectivity index (χ0) is 20.4. The van der Waals surface area contributed by atoms with Crippen LogP contribution >= 0.6 is 11.3 Å². The van der Waals surface area contributed by atoms with E-state index in [-0.39, 0.29) is 21.3 Å². The molecule has 1 heterocycles. The molecule has 1 amide bonds. The van der Waals surface area contributed by atoms with Crippen molar-refractivity contribution in [2.45, 2.75) is 45.9 Å². The van der Waals surface area contributed by atoms with E-state index in [9.17, 15) is 13.2 Å². The molecular weight excluding hydrogens is 384 g/mol. The molecule has 0 radical (unpaired) electrons. The number of amides is 1. The van der Waals surface area contributed by atoms with Crippen LogP contribution in [-0.2, 0) is 14.8 Å². The summed E-state index contributed by atoms with van der Waals surface area (Å²) < 4.78 is 27.5. The van der Waals surface area contributed by atoms with Gasteiger partial charge in [0.05, 0.1) is 5.69 Å². The molecule has 0 aliphatic rings. The summed E-state index contributed by atoms with van der Waals surface area (Å²) in [5.41, 5.74) is 1.00. The summed E-state index contributed by atoms with van der Waals surface area (Å²) in [6, 6.07) is 7.29. The maximum atomic E-state index is 13.2. The zero-order valence-corrected chi connectivity index (χ0v) is 18.1. The van der Waals surface area contributed by atoms with Crippen molar-refractivity contribution < 1.29 is 13.2 Å². The van der Waals surface area contributed by atoms with Gasteiger partial charge in [0.2, 0.25) is 11.0 Å². The van der Waals surface area contributed by atoms with Gasteiger partial charge >= 0.3 is 0 Å². The van der Waals surface area contributed by atoms with Gasteiger partial charge < -0.3 is 5.32 Å². The Labute approximate surface area is 164 Å². The topological polar surface area (TPSA) is 92.3 Å². The summed E-state index contributed by atoms with van der Waals surface area (Å²) in [6.07, 6.45) is 0. The average Bonchev–Trinajstić information content (AvgIpc) is 3.02. The highest BCUT2D eigenvalue weighted by Gasteiger charge is 2.30. The number of nitrogens with one attached hydrogen (secondary N) is 1. The lowest BCUT2D eigenvalue weighted by atomic mass is 9.96. The van der Waals surface area contributed by atoms with Crippen LogP contribution in [0.3, 0.4) is 0 Å². The Balaban J connectivity index is 2.36. The third kappa shape index (κ3) is 5.26. The van der Waals surface area contributed by atoms with E-state index in [0.29, 0.717) is 12.2 Å². The highest BCUT2D eigenvalue weighted by atomic mass is 32.2. The van der Waals surface area contributed by atoms with Crippen LogP contribution < -0.4 is 9.62 Å². The van der Waals surface area contributed by atoms with Crippen molar-refractivity contribution in [2.75, 3.05) is 16.2 Å². The van der Waals surface area contributed by atoms with Crippen LogP contribution in [-0.4, -0.2) is 31.1 Å². The number of carbonyl (C=O) groups excluding carboxylic acids is 1. The number of hydrogen-bond acceptors (Lipinski definition) is 6. The van der Waals surface area contributed by atoms with Crippen molar-refractivity contribution in [1.29, 1.82) is 0 Å². The first kappa shape index (κ1) is 21.3. The van der Waals surface area contributed by atoms with E-state index < -0.39 is 15.4 Å². The second kappa shape index (κ2) is 7.93. The van der Waals surface area contributed by atoms with Crippen molar-refractivity contribution in [2.24, 2.45) is 11.3 Å². The molecule has 0 saturated carbocycles. The molecule has 0 aliphatic carbocycles. The molecule has 27 heavy (non-hydrogen) atoms. The Bertz CT molecular complexity index is 897.